The van der Waals surface area contributed by atoms with Crippen LogP contribution in [0.1, 0.15) is 11.1 Å². The second kappa shape index (κ2) is 6.10. The lowest BCUT2D eigenvalue weighted by Gasteiger charge is -2.18. The number of benzene rings is 2. The van der Waals surface area contributed by atoms with Gasteiger partial charge in [0.25, 0.3) is 0 Å². The summed E-state index contributed by atoms with van der Waals surface area (Å²) in [5, 5.41) is 1.01. The third kappa shape index (κ3) is 3.11. The largest absolute Gasteiger partial charge is 0.256 e. The normalized spacial score (nSPS) is 12.0. The van der Waals surface area contributed by atoms with Gasteiger partial charge in [-0.2, -0.15) is 4.31 Å². The minimum Gasteiger partial charge on any atom is -0.256 e. The highest BCUT2D eigenvalue weighted by Crippen LogP contribution is 2.21. The van der Waals surface area contributed by atoms with E-state index in [0.717, 1.165) is 22.0 Å². The van der Waals surface area contributed by atoms with E-state index in [-0.39, 0.29) is 6.54 Å². The van der Waals surface area contributed by atoms with Crippen LogP contribution in [0.25, 0.3) is 10.9 Å². The third-order valence-electron chi connectivity index (χ3n) is 3.84. The number of sulfonamides is 1. The number of nitrogens with zero attached hydrogens (tertiary/aromatic N) is 2. The maximum atomic E-state index is 12.7. The summed E-state index contributed by atoms with van der Waals surface area (Å²) in [6.07, 6.45) is 1.72. The first-order valence-electron chi connectivity index (χ1n) is 7.34. The molecule has 0 atom stereocenters. The van der Waals surface area contributed by atoms with Crippen LogP contribution in [0.15, 0.2) is 65.7 Å². The Labute approximate surface area is 136 Å². The Hall–Kier alpha value is -2.24. The van der Waals surface area contributed by atoms with Crippen molar-refractivity contribution in [2.45, 2.75) is 18.4 Å². The molecule has 0 amide bonds. The molecule has 0 N–H and O–H groups in total. The van der Waals surface area contributed by atoms with Gasteiger partial charge in [-0.25, -0.2) is 8.42 Å². The zero-order valence-corrected chi connectivity index (χ0v) is 13.9. The summed E-state index contributed by atoms with van der Waals surface area (Å²) in [5.74, 6) is 0. The van der Waals surface area contributed by atoms with Crippen LogP contribution in [0.3, 0.4) is 0 Å². The van der Waals surface area contributed by atoms with E-state index < -0.39 is 10.0 Å². The monoisotopic (exact) mass is 326 g/mol. The summed E-state index contributed by atoms with van der Waals surface area (Å²) >= 11 is 0. The standard InChI is InChI=1S/C18H18N2O2S/c1-14-8-10-17(11-9-14)23(21,22)20(2)13-16-6-3-5-15-7-4-12-19-18(15)16/h3-12H,13H2,1-2H3. The maximum Gasteiger partial charge on any atom is 0.243 e. The molecule has 5 heteroatoms. The summed E-state index contributed by atoms with van der Waals surface area (Å²) < 4.78 is 26.7. The van der Waals surface area contributed by atoms with Crippen molar-refractivity contribution >= 4 is 20.9 Å². The first-order chi connectivity index (χ1) is 11.0. The smallest absolute Gasteiger partial charge is 0.243 e. The highest BCUT2D eigenvalue weighted by atomic mass is 32.2. The molecule has 0 aliphatic heterocycles. The fourth-order valence-corrected chi connectivity index (χ4v) is 3.66. The van der Waals surface area contributed by atoms with Gasteiger partial charge in [-0.1, -0.05) is 42.0 Å². The van der Waals surface area contributed by atoms with Crippen molar-refractivity contribution < 1.29 is 8.42 Å². The predicted octanol–water partition coefficient (Wildman–Crippen LogP) is 3.36. The van der Waals surface area contributed by atoms with Crippen LogP contribution in [0, 0.1) is 6.92 Å². The van der Waals surface area contributed by atoms with Crippen molar-refractivity contribution in [2.75, 3.05) is 7.05 Å². The number of aromatic nitrogens is 1. The van der Waals surface area contributed by atoms with Crippen LogP contribution >= 0.6 is 0 Å². The van der Waals surface area contributed by atoms with Crippen molar-refractivity contribution in [2.24, 2.45) is 0 Å². The van der Waals surface area contributed by atoms with Gasteiger partial charge < -0.3 is 0 Å². The van der Waals surface area contributed by atoms with Crippen LogP contribution in [0.2, 0.25) is 0 Å². The minimum absolute atomic E-state index is 0.282. The molecule has 23 heavy (non-hydrogen) atoms. The number of aryl methyl sites for hydroxylation is 1. The number of para-hydroxylation sites is 1. The molecular weight excluding hydrogens is 308 g/mol. The highest BCUT2D eigenvalue weighted by Gasteiger charge is 2.21. The SMILES string of the molecule is Cc1ccc(S(=O)(=O)N(C)Cc2cccc3cccnc23)cc1. The van der Waals surface area contributed by atoms with E-state index in [4.69, 9.17) is 0 Å². The zero-order valence-electron chi connectivity index (χ0n) is 13.1. The van der Waals surface area contributed by atoms with E-state index in [2.05, 4.69) is 4.98 Å². The van der Waals surface area contributed by atoms with E-state index in [9.17, 15) is 8.42 Å². The lowest BCUT2D eigenvalue weighted by Crippen LogP contribution is -2.26. The Balaban J connectivity index is 1.94. The van der Waals surface area contributed by atoms with Gasteiger partial charge in [0.2, 0.25) is 10.0 Å². The Bertz CT molecular complexity index is 929. The summed E-state index contributed by atoms with van der Waals surface area (Å²) in [6, 6.07) is 16.5. The van der Waals surface area contributed by atoms with E-state index >= 15 is 0 Å². The fourth-order valence-electron chi connectivity index (χ4n) is 2.51. The molecule has 0 aliphatic carbocycles. The van der Waals surface area contributed by atoms with E-state index in [0.29, 0.717) is 4.90 Å². The van der Waals surface area contributed by atoms with Gasteiger partial charge in [-0.15, -0.1) is 0 Å². The molecule has 0 fully saturated rings. The summed E-state index contributed by atoms with van der Waals surface area (Å²) in [4.78, 5) is 4.68. The molecule has 0 aliphatic rings. The van der Waals surface area contributed by atoms with Gasteiger partial charge in [0.05, 0.1) is 10.4 Å². The summed E-state index contributed by atoms with van der Waals surface area (Å²) in [7, 11) is -1.92. The quantitative estimate of drug-likeness (QED) is 0.738. The second-order valence-corrected chi connectivity index (χ2v) is 7.61. The number of hydrogen-bond acceptors (Lipinski definition) is 3. The van der Waals surface area contributed by atoms with Gasteiger partial charge in [-0.3, -0.25) is 4.98 Å². The molecule has 1 aromatic heterocycles. The Morgan fingerprint density at radius 1 is 1.00 bits per heavy atom. The highest BCUT2D eigenvalue weighted by molar-refractivity contribution is 7.89. The predicted molar refractivity (Wildman–Crippen MR) is 91.6 cm³/mol. The molecule has 0 unspecified atom stereocenters. The minimum atomic E-state index is -3.52. The van der Waals surface area contributed by atoms with Crippen LogP contribution in [-0.4, -0.2) is 24.8 Å². The Kier molecular flexibility index (Phi) is 4.15. The van der Waals surface area contributed by atoms with Crippen LogP contribution in [0.5, 0.6) is 0 Å². The second-order valence-electron chi connectivity index (χ2n) is 5.57. The van der Waals surface area contributed by atoms with Gasteiger partial charge in [0.15, 0.2) is 0 Å². The Morgan fingerprint density at radius 2 is 1.70 bits per heavy atom. The van der Waals surface area contributed by atoms with Gasteiger partial charge in [0.1, 0.15) is 0 Å². The summed E-state index contributed by atoms with van der Waals surface area (Å²) in [6.45, 7) is 2.21. The average Bonchev–Trinajstić information content (AvgIpc) is 2.55. The van der Waals surface area contributed by atoms with Crippen molar-refractivity contribution in [3.8, 4) is 0 Å². The molecule has 0 saturated heterocycles. The van der Waals surface area contributed by atoms with E-state index in [1.807, 2.05) is 37.3 Å². The molecule has 0 spiro atoms. The number of fused-ring (bicyclic) bond motifs is 1. The molecule has 3 aromatic rings. The number of rotatable bonds is 4. The molecular formula is C18H18N2O2S. The molecule has 118 valence electrons. The fraction of sp³-hybridized carbons (Fsp3) is 0.167. The van der Waals surface area contributed by atoms with Gasteiger partial charge in [0, 0.05) is 25.2 Å². The molecule has 1 heterocycles. The molecule has 3 rings (SSSR count). The molecule has 2 aromatic carbocycles. The topological polar surface area (TPSA) is 50.3 Å². The lowest BCUT2D eigenvalue weighted by molar-refractivity contribution is 0.467. The van der Waals surface area contributed by atoms with Crippen molar-refractivity contribution in [1.29, 1.82) is 0 Å². The maximum absolute atomic E-state index is 12.7. The van der Waals surface area contributed by atoms with Crippen molar-refractivity contribution in [1.82, 2.24) is 9.29 Å². The van der Waals surface area contributed by atoms with E-state index in [1.165, 1.54) is 4.31 Å². The van der Waals surface area contributed by atoms with Gasteiger partial charge >= 0.3 is 0 Å². The first kappa shape index (κ1) is 15.6. The molecule has 0 bridgehead atoms. The summed E-state index contributed by atoms with van der Waals surface area (Å²) in [5.41, 5.74) is 2.76. The first-order valence-corrected chi connectivity index (χ1v) is 8.78. The van der Waals surface area contributed by atoms with Crippen LogP contribution < -0.4 is 0 Å². The third-order valence-corrected chi connectivity index (χ3v) is 5.66. The number of hydrogen-bond donors (Lipinski definition) is 0. The van der Waals surface area contributed by atoms with Crippen LogP contribution in [-0.2, 0) is 16.6 Å². The Morgan fingerprint density at radius 3 is 2.43 bits per heavy atom. The van der Waals surface area contributed by atoms with Crippen molar-refractivity contribution in [3.05, 3.63) is 71.9 Å². The zero-order chi connectivity index (χ0) is 16.4. The molecule has 0 saturated carbocycles. The lowest BCUT2D eigenvalue weighted by atomic mass is 10.1. The van der Waals surface area contributed by atoms with Gasteiger partial charge in [-0.05, 0) is 30.7 Å². The molecule has 0 radical (unpaired) electrons. The van der Waals surface area contributed by atoms with Crippen LogP contribution in [0.4, 0.5) is 0 Å². The van der Waals surface area contributed by atoms with Crippen molar-refractivity contribution in [3.63, 3.8) is 0 Å². The molecule has 4 nitrogen and oxygen atoms in total. The average molecular weight is 326 g/mol. The van der Waals surface area contributed by atoms with E-state index in [1.54, 1.807) is 37.5 Å². The number of pyridine rings is 1.